The number of ketones is 1. The van der Waals surface area contributed by atoms with Gasteiger partial charge in [-0.3, -0.25) is 4.79 Å². The lowest BCUT2D eigenvalue weighted by atomic mass is 9.98. The molecule has 2 rings (SSSR count). The predicted octanol–water partition coefficient (Wildman–Crippen LogP) is 4.82. The molecule has 1 unspecified atom stereocenters. The van der Waals surface area contributed by atoms with Gasteiger partial charge in [0.2, 0.25) is 5.78 Å². The molecular formula is C20H25NO2. The number of hydrogen-bond acceptors (Lipinski definition) is 3. The molecule has 1 atom stereocenters. The van der Waals surface area contributed by atoms with Crippen molar-refractivity contribution >= 4 is 11.5 Å². The van der Waals surface area contributed by atoms with Crippen LogP contribution in [0.15, 0.2) is 48.5 Å². The van der Waals surface area contributed by atoms with Crippen molar-refractivity contribution in [3.8, 4) is 5.75 Å². The highest BCUT2D eigenvalue weighted by Gasteiger charge is 2.21. The van der Waals surface area contributed by atoms with Crippen molar-refractivity contribution in [2.45, 2.75) is 45.6 Å². The quantitative estimate of drug-likeness (QED) is 0.589. The molecule has 2 aromatic carbocycles. The van der Waals surface area contributed by atoms with E-state index in [2.05, 4.69) is 20.8 Å². The number of hydrogen-bond donors (Lipinski definition) is 1. The first-order valence-corrected chi connectivity index (χ1v) is 8.17. The molecule has 0 saturated heterocycles. The van der Waals surface area contributed by atoms with E-state index < -0.39 is 6.10 Å². The number of nitrogens with two attached hydrogens (primary N) is 1. The van der Waals surface area contributed by atoms with E-state index in [-0.39, 0.29) is 5.78 Å². The van der Waals surface area contributed by atoms with Crippen molar-refractivity contribution in [2.75, 3.05) is 5.73 Å². The van der Waals surface area contributed by atoms with Crippen LogP contribution in [0.5, 0.6) is 5.75 Å². The van der Waals surface area contributed by atoms with Crippen molar-refractivity contribution in [1.29, 1.82) is 0 Å². The molecule has 0 aliphatic rings. The Morgan fingerprint density at radius 3 is 2.17 bits per heavy atom. The fraction of sp³-hybridized carbons (Fsp3) is 0.350. The van der Waals surface area contributed by atoms with Crippen molar-refractivity contribution < 1.29 is 9.53 Å². The minimum absolute atomic E-state index is 0.0268. The highest BCUT2D eigenvalue weighted by Crippen LogP contribution is 2.20. The second-order valence-corrected chi connectivity index (χ2v) is 6.11. The van der Waals surface area contributed by atoms with E-state index in [1.54, 1.807) is 24.3 Å². The lowest BCUT2D eigenvalue weighted by molar-refractivity contribution is 0.0777. The van der Waals surface area contributed by atoms with E-state index in [9.17, 15) is 4.79 Å². The van der Waals surface area contributed by atoms with Gasteiger partial charge in [0.25, 0.3) is 0 Å². The summed E-state index contributed by atoms with van der Waals surface area (Å²) in [7, 11) is 0. The van der Waals surface area contributed by atoms with Gasteiger partial charge in [-0.1, -0.05) is 51.5 Å². The summed E-state index contributed by atoms with van der Waals surface area (Å²) in [6, 6.07) is 15.0. The third-order valence-electron chi connectivity index (χ3n) is 3.86. The molecule has 0 spiro atoms. The standard InChI is InChI=1S/C20H25NO2/c1-4-5-19(23-18-12-10-17(21)11-13-18)20(22)16-8-6-15(7-9-16)14(2)3/h6-14,19H,4-5,21H2,1-3H3. The lowest BCUT2D eigenvalue weighted by Gasteiger charge is -2.18. The Hall–Kier alpha value is -2.29. The van der Waals surface area contributed by atoms with Gasteiger partial charge in [0.1, 0.15) is 5.75 Å². The SMILES string of the molecule is CCCC(Oc1ccc(N)cc1)C(=O)c1ccc(C(C)C)cc1. The Labute approximate surface area is 138 Å². The van der Waals surface area contributed by atoms with Crippen molar-refractivity contribution in [1.82, 2.24) is 0 Å². The fourth-order valence-corrected chi connectivity index (χ4v) is 2.43. The molecule has 122 valence electrons. The van der Waals surface area contributed by atoms with Crippen LogP contribution in [0.1, 0.15) is 55.5 Å². The first-order chi connectivity index (χ1) is 11.0. The van der Waals surface area contributed by atoms with Crippen molar-refractivity contribution in [3.05, 3.63) is 59.7 Å². The largest absolute Gasteiger partial charge is 0.482 e. The predicted molar refractivity (Wildman–Crippen MR) is 95.0 cm³/mol. The summed E-state index contributed by atoms with van der Waals surface area (Å²) in [4.78, 5) is 12.7. The highest BCUT2D eigenvalue weighted by atomic mass is 16.5. The monoisotopic (exact) mass is 311 g/mol. The molecule has 0 saturated carbocycles. The maximum Gasteiger partial charge on any atom is 0.203 e. The maximum absolute atomic E-state index is 12.7. The van der Waals surface area contributed by atoms with Crippen LogP contribution in [0, 0.1) is 0 Å². The molecule has 0 heterocycles. The second-order valence-electron chi connectivity index (χ2n) is 6.11. The average Bonchev–Trinajstić information content (AvgIpc) is 2.56. The molecule has 0 fully saturated rings. The molecule has 0 aromatic heterocycles. The fourth-order valence-electron chi connectivity index (χ4n) is 2.43. The van der Waals surface area contributed by atoms with Crippen LogP contribution in [0.4, 0.5) is 5.69 Å². The Morgan fingerprint density at radius 1 is 1.04 bits per heavy atom. The zero-order valence-corrected chi connectivity index (χ0v) is 14.1. The Bertz CT molecular complexity index is 630. The minimum atomic E-state index is -0.464. The number of rotatable bonds is 7. The van der Waals surface area contributed by atoms with Crippen molar-refractivity contribution in [2.24, 2.45) is 0 Å². The zero-order valence-electron chi connectivity index (χ0n) is 14.1. The van der Waals surface area contributed by atoms with Gasteiger partial charge in [-0.15, -0.1) is 0 Å². The molecule has 0 bridgehead atoms. The molecule has 0 aliphatic carbocycles. The van der Waals surface area contributed by atoms with Crippen LogP contribution in [-0.4, -0.2) is 11.9 Å². The first-order valence-electron chi connectivity index (χ1n) is 8.17. The van der Waals surface area contributed by atoms with Crippen LogP contribution < -0.4 is 10.5 Å². The lowest BCUT2D eigenvalue weighted by Crippen LogP contribution is -2.27. The molecule has 2 aromatic rings. The summed E-state index contributed by atoms with van der Waals surface area (Å²) in [5.74, 6) is 1.15. The highest BCUT2D eigenvalue weighted by molar-refractivity contribution is 5.99. The van der Waals surface area contributed by atoms with E-state index in [0.29, 0.717) is 29.3 Å². The second kappa shape index (κ2) is 7.82. The molecule has 2 N–H and O–H groups in total. The summed E-state index contributed by atoms with van der Waals surface area (Å²) in [5.41, 5.74) is 8.29. The van der Waals surface area contributed by atoms with E-state index in [1.165, 1.54) is 5.56 Å². The van der Waals surface area contributed by atoms with Gasteiger partial charge in [-0.05, 0) is 42.2 Å². The number of nitrogen functional groups attached to an aromatic ring is 1. The molecule has 0 radical (unpaired) electrons. The van der Waals surface area contributed by atoms with Crippen LogP contribution >= 0.6 is 0 Å². The van der Waals surface area contributed by atoms with Gasteiger partial charge < -0.3 is 10.5 Å². The van der Waals surface area contributed by atoms with Crippen LogP contribution in [0.25, 0.3) is 0 Å². The molecule has 0 amide bonds. The Kier molecular flexibility index (Phi) is 5.80. The molecule has 0 aliphatic heterocycles. The van der Waals surface area contributed by atoms with E-state index in [0.717, 1.165) is 6.42 Å². The van der Waals surface area contributed by atoms with Crippen LogP contribution in [0.2, 0.25) is 0 Å². The van der Waals surface area contributed by atoms with Gasteiger partial charge in [-0.2, -0.15) is 0 Å². The smallest absolute Gasteiger partial charge is 0.203 e. The molecule has 3 nitrogen and oxygen atoms in total. The van der Waals surface area contributed by atoms with Crippen LogP contribution in [0.3, 0.4) is 0 Å². The van der Waals surface area contributed by atoms with Gasteiger partial charge >= 0.3 is 0 Å². The minimum Gasteiger partial charge on any atom is -0.482 e. The van der Waals surface area contributed by atoms with Gasteiger partial charge in [-0.25, -0.2) is 0 Å². The summed E-state index contributed by atoms with van der Waals surface area (Å²) in [6.07, 6.45) is 1.11. The number of anilines is 1. The van der Waals surface area contributed by atoms with E-state index in [1.807, 2.05) is 24.3 Å². The number of carbonyl (C=O) groups is 1. The molecule has 23 heavy (non-hydrogen) atoms. The van der Waals surface area contributed by atoms with Crippen molar-refractivity contribution in [3.63, 3.8) is 0 Å². The van der Waals surface area contributed by atoms with E-state index in [4.69, 9.17) is 10.5 Å². The summed E-state index contributed by atoms with van der Waals surface area (Å²) < 4.78 is 5.90. The van der Waals surface area contributed by atoms with Crippen LogP contribution in [-0.2, 0) is 0 Å². The Morgan fingerprint density at radius 2 is 1.65 bits per heavy atom. The summed E-state index contributed by atoms with van der Waals surface area (Å²) >= 11 is 0. The van der Waals surface area contributed by atoms with Gasteiger partial charge in [0.15, 0.2) is 6.10 Å². The third-order valence-corrected chi connectivity index (χ3v) is 3.86. The molecule has 3 heteroatoms. The summed E-state index contributed by atoms with van der Waals surface area (Å²) in [5, 5.41) is 0. The zero-order chi connectivity index (χ0) is 16.8. The number of Topliss-reactive ketones (excluding diaryl/α,β-unsaturated/α-hetero) is 1. The topological polar surface area (TPSA) is 52.3 Å². The van der Waals surface area contributed by atoms with E-state index >= 15 is 0 Å². The number of benzene rings is 2. The first kappa shape index (κ1) is 17.1. The third kappa shape index (κ3) is 4.59. The number of carbonyl (C=O) groups excluding carboxylic acids is 1. The maximum atomic E-state index is 12.7. The van der Waals surface area contributed by atoms with Gasteiger partial charge in [0, 0.05) is 11.3 Å². The number of ether oxygens (including phenoxy) is 1. The Balaban J connectivity index is 2.15. The van der Waals surface area contributed by atoms with Gasteiger partial charge in [0.05, 0.1) is 0 Å². The average molecular weight is 311 g/mol. The molecular weight excluding hydrogens is 286 g/mol. The summed E-state index contributed by atoms with van der Waals surface area (Å²) in [6.45, 7) is 6.33. The normalized spacial score (nSPS) is 12.2.